The monoisotopic (exact) mass is 756 g/mol. The summed E-state index contributed by atoms with van der Waals surface area (Å²) in [6.45, 7) is 2.98. The fourth-order valence-electron chi connectivity index (χ4n) is 7.92. The Bertz CT molecular complexity index is 1890. The van der Waals surface area contributed by atoms with Gasteiger partial charge in [-0.25, -0.2) is 0 Å². The molecular formula is C40H40N2O13. The van der Waals surface area contributed by atoms with Crippen LogP contribution in [-0.2, 0) is 28.4 Å². The minimum Gasteiger partial charge on any atom is -0.394 e. The van der Waals surface area contributed by atoms with Gasteiger partial charge in [-0.2, -0.15) is 0 Å². The number of allylic oxidation sites excluding steroid dienone is 1. The van der Waals surface area contributed by atoms with E-state index in [4.69, 9.17) is 28.4 Å². The fraction of sp³-hybridized carbons (Fsp3) is 0.400. The van der Waals surface area contributed by atoms with Crippen molar-refractivity contribution >= 4 is 23.6 Å². The van der Waals surface area contributed by atoms with Crippen molar-refractivity contribution in [1.82, 2.24) is 9.80 Å². The van der Waals surface area contributed by atoms with Crippen LogP contribution in [0.5, 0.6) is 0 Å². The van der Waals surface area contributed by atoms with Crippen molar-refractivity contribution in [2.75, 3.05) is 19.8 Å². The van der Waals surface area contributed by atoms with Crippen LogP contribution >= 0.6 is 0 Å². The van der Waals surface area contributed by atoms with E-state index in [1.807, 2.05) is 6.07 Å². The first kappa shape index (κ1) is 37.3. The Labute approximate surface area is 315 Å². The minimum absolute atomic E-state index is 0.0958. The molecule has 3 aromatic rings. The van der Waals surface area contributed by atoms with E-state index in [9.17, 15) is 34.5 Å². The van der Waals surface area contributed by atoms with Gasteiger partial charge >= 0.3 is 0 Å². The number of hydrogen-bond donors (Lipinski definition) is 3. The second kappa shape index (κ2) is 15.5. The molecule has 0 saturated carbocycles. The highest BCUT2D eigenvalue weighted by Crippen LogP contribution is 2.41. The third-order valence-corrected chi connectivity index (χ3v) is 10.6. The molecule has 5 aliphatic heterocycles. The van der Waals surface area contributed by atoms with Crippen molar-refractivity contribution in [2.24, 2.45) is 0 Å². The van der Waals surface area contributed by atoms with Crippen molar-refractivity contribution < 1.29 is 62.9 Å². The molecule has 55 heavy (non-hydrogen) atoms. The Morgan fingerprint density at radius 1 is 0.727 bits per heavy atom. The van der Waals surface area contributed by atoms with E-state index in [1.54, 1.807) is 54.6 Å². The minimum atomic E-state index is -1.78. The molecule has 288 valence electrons. The van der Waals surface area contributed by atoms with Gasteiger partial charge in [-0.1, -0.05) is 60.7 Å². The molecule has 4 amide bonds. The number of hydrogen-bond acceptors (Lipinski definition) is 13. The summed E-state index contributed by atoms with van der Waals surface area (Å²) in [7, 11) is 0. The molecule has 8 rings (SSSR count). The lowest BCUT2D eigenvalue weighted by molar-refractivity contribution is -0.371. The van der Waals surface area contributed by atoms with Gasteiger partial charge in [-0.05, 0) is 37.1 Å². The summed E-state index contributed by atoms with van der Waals surface area (Å²) in [4.78, 5) is 57.1. The van der Waals surface area contributed by atoms with Gasteiger partial charge in [0.05, 0.1) is 42.1 Å². The quantitative estimate of drug-likeness (QED) is 0.146. The summed E-state index contributed by atoms with van der Waals surface area (Å²) in [6, 6.07) is 18.3. The Kier molecular flexibility index (Phi) is 10.5. The Morgan fingerprint density at radius 3 is 1.82 bits per heavy atom. The van der Waals surface area contributed by atoms with E-state index in [-0.39, 0.29) is 35.5 Å². The Balaban J connectivity index is 1.13. The van der Waals surface area contributed by atoms with Crippen molar-refractivity contribution in [1.29, 1.82) is 0 Å². The molecule has 0 bridgehead atoms. The summed E-state index contributed by atoms with van der Waals surface area (Å²) >= 11 is 0. The summed E-state index contributed by atoms with van der Waals surface area (Å²) in [6.07, 6.45) is -9.58. The highest BCUT2D eigenvalue weighted by atomic mass is 16.8. The third-order valence-electron chi connectivity index (χ3n) is 10.6. The van der Waals surface area contributed by atoms with E-state index < -0.39 is 97.8 Å². The zero-order valence-electron chi connectivity index (χ0n) is 29.5. The van der Waals surface area contributed by atoms with Crippen LogP contribution in [0.3, 0.4) is 0 Å². The van der Waals surface area contributed by atoms with Crippen LogP contribution in [0.4, 0.5) is 0 Å². The van der Waals surface area contributed by atoms with Crippen LogP contribution in [0.15, 0.2) is 91.5 Å². The highest BCUT2D eigenvalue weighted by molar-refractivity contribution is 6.22. The molecule has 3 aromatic carbocycles. The summed E-state index contributed by atoms with van der Waals surface area (Å²) in [5, 5.41) is 34.9. The topological polar surface area (TPSA) is 191 Å². The Morgan fingerprint density at radius 2 is 1.27 bits per heavy atom. The highest BCUT2D eigenvalue weighted by Gasteiger charge is 2.59. The maximum Gasteiger partial charge on any atom is 0.262 e. The number of imide groups is 2. The standard InChI is InChI=1S/C40H40N2O13/c1-2-3-11-18-50-39-28(41-34(46)22-14-7-8-15-23(22)35(41)47)30(44)32(26(19-43)52-39)55-40-29(42-36(48)24-16-9-10-17-25(24)37(42)49)31(45)33-27(53-40)20-51-38(54-33)21-12-5-4-6-13-21/h2,4-10,12-17,26-33,38-40,43-45H,1,3,11,18-20H2/t26-,27-,28-,29-,30-,31-,32-,33-,38?,39-,40+/m1/s1. The van der Waals surface area contributed by atoms with Crippen molar-refractivity contribution in [2.45, 2.75) is 80.4 Å². The van der Waals surface area contributed by atoms with E-state index in [1.165, 1.54) is 24.3 Å². The average molecular weight is 757 g/mol. The van der Waals surface area contributed by atoms with Gasteiger partial charge in [0.25, 0.3) is 23.6 Å². The van der Waals surface area contributed by atoms with Gasteiger partial charge in [-0.3, -0.25) is 29.0 Å². The van der Waals surface area contributed by atoms with Gasteiger partial charge in [0.1, 0.15) is 48.7 Å². The molecule has 3 N–H and O–H groups in total. The van der Waals surface area contributed by atoms with Gasteiger partial charge in [0, 0.05) is 5.56 Å². The molecule has 0 spiro atoms. The number of carbonyl (C=O) groups is 4. The summed E-state index contributed by atoms with van der Waals surface area (Å²) in [5.74, 6) is -2.84. The van der Waals surface area contributed by atoms with Gasteiger partial charge in [0.15, 0.2) is 18.9 Å². The Hall–Kier alpha value is -4.68. The van der Waals surface area contributed by atoms with Crippen molar-refractivity contribution in [3.05, 3.63) is 119 Å². The molecular weight excluding hydrogens is 716 g/mol. The largest absolute Gasteiger partial charge is 0.394 e. The van der Waals surface area contributed by atoms with Crippen LogP contribution in [0, 0.1) is 0 Å². The predicted molar refractivity (Wildman–Crippen MR) is 188 cm³/mol. The van der Waals surface area contributed by atoms with E-state index in [0.29, 0.717) is 18.4 Å². The van der Waals surface area contributed by atoms with Gasteiger partial charge in [-0.15, -0.1) is 6.58 Å². The van der Waals surface area contributed by atoms with Crippen LogP contribution in [0.25, 0.3) is 0 Å². The normalized spacial score (nSPS) is 33.0. The lowest BCUT2D eigenvalue weighted by atomic mass is 9.92. The lowest BCUT2D eigenvalue weighted by Gasteiger charge is -2.52. The first-order valence-corrected chi connectivity index (χ1v) is 18.1. The van der Waals surface area contributed by atoms with Crippen molar-refractivity contribution in [3.63, 3.8) is 0 Å². The van der Waals surface area contributed by atoms with Gasteiger partial charge < -0.3 is 43.7 Å². The molecule has 5 heterocycles. The van der Waals surface area contributed by atoms with Crippen molar-refractivity contribution in [3.8, 4) is 0 Å². The number of amides is 4. The number of ether oxygens (including phenoxy) is 6. The average Bonchev–Trinajstić information content (AvgIpc) is 3.61. The number of unbranched alkanes of at least 4 members (excludes halogenated alkanes) is 1. The molecule has 3 fully saturated rings. The van der Waals surface area contributed by atoms with Crippen LogP contribution in [0.1, 0.15) is 66.1 Å². The zero-order chi connectivity index (χ0) is 38.4. The lowest BCUT2D eigenvalue weighted by Crippen LogP contribution is -2.71. The first-order chi connectivity index (χ1) is 26.7. The van der Waals surface area contributed by atoms with Crippen LogP contribution in [0.2, 0.25) is 0 Å². The molecule has 15 nitrogen and oxygen atoms in total. The fourth-order valence-corrected chi connectivity index (χ4v) is 7.92. The second-order valence-electron chi connectivity index (χ2n) is 13.9. The second-order valence-corrected chi connectivity index (χ2v) is 13.9. The number of aliphatic hydroxyl groups excluding tert-OH is 3. The molecule has 5 aliphatic rings. The summed E-state index contributed by atoms with van der Waals surface area (Å²) < 4.78 is 37.2. The molecule has 0 radical (unpaired) electrons. The van der Waals surface area contributed by atoms with E-state index in [0.717, 1.165) is 9.80 Å². The van der Waals surface area contributed by atoms with E-state index in [2.05, 4.69) is 6.58 Å². The van der Waals surface area contributed by atoms with Gasteiger partial charge in [0.2, 0.25) is 0 Å². The maximum atomic E-state index is 13.9. The number of benzene rings is 3. The maximum absolute atomic E-state index is 13.9. The first-order valence-electron chi connectivity index (χ1n) is 18.1. The number of carbonyl (C=O) groups excluding carboxylic acids is 4. The number of rotatable bonds is 11. The SMILES string of the molecule is C=CCCCO[C@@H]1O[C@H](CO)[C@@H](O[C@@H]2O[C@@H]3COC(c4ccccc4)O[C@H]3[C@H](O)[C@H]2N2C(=O)c3ccccc3C2=O)[C@H](O)[C@H]1N1C(=O)c2ccccc2C1=O. The third kappa shape index (κ3) is 6.50. The molecule has 11 atom stereocenters. The number of aliphatic hydroxyl groups is 3. The molecule has 3 saturated heterocycles. The van der Waals surface area contributed by atoms with Crippen LogP contribution in [-0.4, -0.2) is 130 Å². The number of fused-ring (bicyclic) bond motifs is 3. The molecule has 1 unspecified atom stereocenters. The number of nitrogens with zero attached hydrogens (tertiary/aromatic N) is 2. The summed E-state index contributed by atoms with van der Waals surface area (Å²) in [5.41, 5.74) is 1.11. The smallest absolute Gasteiger partial charge is 0.262 e. The molecule has 0 aliphatic carbocycles. The van der Waals surface area contributed by atoms with E-state index >= 15 is 0 Å². The van der Waals surface area contributed by atoms with Crippen LogP contribution < -0.4 is 0 Å². The zero-order valence-corrected chi connectivity index (χ0v) is 29.5. The molecule has 0 aromatic heterocycles. The molecule has 15 heteroatoms. The predicted octanol–water partition coefficient (Wildman–Crippen LogP) is 1.96.